The second-order valence-corrected chi connectivity index (χ2v) is 6.71. The highest BCUT2D eigenvalue weighted by molar-refractivity contribution is 9.10. The Morgan fingerprint density at radius 1 is 1.45 bits per heavy atom. The summed E-state index contributed by atoms with van der Waals surface area (Å²) in [5, 5.41) is 3.54. The second-order valence-electron chi connectivity index (χ2n) is 5.45. The number of nitrogens with one attached hydrogen (secondary N) is 1. The molecule has 0 radical (unpaired) electrons. The van der Waals surface area contributed by atoms with Crippen molar-refractivity contribution in [2.45, 2.75) is 19.8 Å². The summed E-state index contributed by atoms with van der Waals surface area (Å²) in [6.07, 6.45) is 2.60. The van der Waals surface area contributed by atoms with E-state index in [2.05, 4.69) is 33.1 Å². The summed E-state index contributed by atoms with van der Waals surface area (Å²) in [6, 6.07) is 5.26. The highest BCUT2D eigenvalue weighted by atomic mass is 79.9. The molecular formula is C15H20BrClN2O. The fraction of sp³-hybridized carbons (Fsp3) is 0.533. The quantitative estimate of drug-likeness (QED) is 0.872. The molecule has 0 spiro atoms. The standard InChI is InChI=1S/C15H20BrClN2O/c1-11(10-19-6-2-3-7-19)9-18-15(20)12-4-5-13(16)14(17)8-12/h4-5,8,11H,2-3,6-7,9-10H2,1H3,(H,18,20). The molecular weight excluding hydrogens is 340 g/mol. The minimum atomic E-state index is -0.0623. The monoisotopic (exact) mass is 358 g/mol. The highest BCUT2D eigenvalue weighted by Crippen LogP contribution is 2.23. The molecule has 1 aromatic rings. The summed E-state index contributed by atoms with van der Waals surface area (Å²) in [5.74, 6) is 0.399. The van der Waals surface area contributed by atoms with Gasteiger partial charge in [0.05, 0.1) is 5.02 Å². The van der Waals surface area contributed by atoms with Crippen LogP contribution in [-0.4, -0.2) is 37.0 Å². The molecule has 1 amide bonds. The van der Waals surface area contributed by atoms with Crippen LogP contribution < -0.4 is 5.32 Å². The first-order valence-electron chi connectivity index (χ1n) is 7.02. The van der Waals surface area contributed by atoms with Gasteiger partial charge in [0.25, 0.3) is 5.91 Å². The second kappa shape index (κ2) is 7.43. The number of carbonyl (C=O) groups is 1. The lowest BCUT2D eigenvalue weighted by atomic mass is 10.1. The van der Waals surface area contributed by atoms with Crippen LogP contribution in [0.4, 0.5) is 0 Å². The Morgan fingerprint density at radius 2 is 2.15 bits per heavy atom. The number of hydrogen-bond donors (Lipinski definition) is 1. The predicted octanol–water partition coefficient (Wildman–Crippen LogP) is 3.56. The number of hydrogen-bond acceptors (Lipinski definition) is 2. The van der Waals surface area contributed by atoms with Crippen molar-refractivity contribution in [2.24, 2.45) is 5.92 Å². The molecule has 3 nitrogen and oxygen atoms in total. The fourth-order valence-corrected chi connectivity index (χ4v) is 2.90. The first kappa shape index (κ1) is 15.8. The van der Waals surface area contributed by atoms with Gasteiger partial charge in [0, 0.05) is 23.1 Å². The first-order valence-corrected chi connectivity index (χ1v) is 8.19. The van der Waals surface area contributed by atoms with E-state index in [4.69, 9.17) is 11.6 Å². The van der Waals surface area contributed by atoms with Gasteiger partial charge in [0.15, 0.2) is 0 Å². The van der Waals surface area contributed by atoms with Crippen molar-refractivity contribution in [1.29, 1.82) is 0 Å². The number of carbonyl (C=O) groups excluding carboxylic acids is 1. The third-order valence-corrected chi connectivity index (χ3v) is 4.79. The van der Waals surface area contributed by atoms with E-state index in [0.29, 0.717) is 23.0 Å². The third-order valence-electron chi connectivity index (χ3n) is 3.56. The molecule has 1 aliphatic rings. The Labute approximate surface area is 133 Å². The summed E-state index contributed by atoms with van der Waals surface area (Å²) < 4.78 is 0.804. The molecule has 1 aromatic carbocycles. The zero-order chi connectivity index (χ0) is 14.5. The smallest absolute Gasteiger partial charge is 0.251 e. The van der Waals surface area contributed by atoms with Crippen LogP contribution >= 0.6 is 27.5 Å². The Hall–Kier alpha value is -0.580. The summed E-state index contributed by atoms with van der Waals surface area (Å²) in [4.78, 5) is 14.5. The van der Waals surface area contributed by atoms with Gasteiger partial charge >= 0.3 is 0 Å². The van der Waals surface area contributed by atoms with Crippen LogP contribution in [0, 0.1) is 5.92 Å². The van der Waals surface area contributed by atoms with Gasteiger partial charge in [-0.05, 0) is 66.0 Å². The number of nitrogens with zero attached hydrogens (tertiary/aromatic N) is 1. The molecule has 0 aromatic heterocycles. The van der Waals surface area contributed by atoms with Crippen molar-refractivity contribution in [1.82, 2.24) is 10.2 Å². The van der Waals surface area contributed by atoms with Gasteiger partial charge in [-0.2, -0.15) is 0 Å². The Balaban J connectivity index is 1.80. The zero-order valence-corrected chi connectivity index (χ0v) is 14.0. The molecule has 0 bridgehead atoms. The van der Waals surface area contributed by atoms with Crippen LogP contribution in [0.1, 0.15) is 30.1 Å². The molecule has 1 fully saturated rings. The van der Waals surface area contributed by atoms with Crippen molar-refractivity contribution in [2.75, 3.05) is 26.2 Å². The van der Waals surface area contributed by atoms with E-state index >= 15 is 0 Å². The van der Waals surface area contributed by atoms with Crippen LogP contribution in [0.2, 0.25) is 5.02 Å². The van der Waals surface area contributed by atoms with Gasteiger partial charge in [0.1, 0.15) is 0 Å². The van der Waals surface area contributed by atoms with Crippen LogP contribution in [0.25, 0.3) is 0 Å². The van der Waals surface area contributed by atoms with E-state index in [1.807, 2.05) is 0 Å². The van der Waals surface area contributed by atoms with E-state index in [9.17, 15) is 4.79 Å². The summed E-state index contributed by atoms with van der Waals surface area (Å²) >= 11 is 9.32. The van der Waals surface area contributed by atoms with Crippen LogP contribution in [0.15, 0.2) is 22.7 Å². The average Bonchev–Trinajstić information content (AvgIpc) is 2.92. The third kappa shape index (κ3) is 4.47. The lowest BCUT2D eigenvalue weighted by Gasteiger charge is -2.20. The molecule has 1 atom stereocenters. The van der Waals surface area contributed by atoms with Gasteiger partial charge in [-0.15, -0.1) is 0 Å². The molecule has 20 heavy (non-hydrogen) atoms. The van der Waals surface area contributed by atoms with Crippen molar-refractivity contribution in [3.63, 3.8) is 0 Å². The maximum atomic E-state index is 12.1. The number of benzene rings is 1. The van der Waals surface area contributed by atoms with E-state index in [1.165, 1.54) is 25.9 Å². The van der Waals surface area contributed by atoms with Gasteiger partial charge < -0.3 is 10.2 Å². The van der Waals surface area contributed by atoms with Gasteiger partial charge in [-0.1, -0.05) is 18.5 Å². The zero-order valence-electron chi connectivity index (χ0n) is 11.7. The molecule has 0 saturated carbocycles. The SMILES string of the molecule is CC(CNC(=O)c1ccc(Br)c(Cl)c1)CN1CCCC1. The molecule has 1 unspecified atom stereocenters. The number of rotatable bonds is 5. The topological polar surface area (TPSA) is 32.3 Å². The molecule has 1 N–H and O–H groups in total. The minimum Gasteiger partial charge on any atom is -0.352 e. The van der Waals surface area contributed by atoms with Gasteiger partial charge in [-0.3, -0.25) is 4.79 Å². The summed E-state index contributed by atoms with van der Waals surface area (Å²) in [6.45, 7) is 6.32. The maximum Gasteiger partial charge on any atom is 0.251 e. The van der Waals surface area contributed by atoms with Crippen molar-refractivity contribution in [3.8, 4) is 0 Å². The molecule has 1 heterocycles. The Morgan fingerprint density at radius 3 is 2.80 bits per heavy atom. The van der Waals surface area contributed by atoms with Crippen molar-refractivity contribution in [3.05, 3.63) is 33.3 Å². The molecule has 5 heteroatoms. The molecule has 0 aliphatic carbocycles. The summed E-state index contributed by atoms with van der Waals surface area (Å²) in [7, 11) is 0. The first-order chi connectivity index (χ1) is 9.56. The maximum absolute atomic E-state index is 12.1. The minimum absolute atomic E-state index is 0.0623. The van der Waals surface area contributed by atoms with E-state index in [0.717, 1.165) is 11.0 Å². The molecule has 1 aliphatic heterocycles. The molecule has 2 rings (SSSR count). The van der Waals surface area contributed by atoms with Crippen LogP contribution in [-0.2, 0) is 0 Å². The van der Waals surface area contributed by atoms with E-state index < -0.39 is 0 Å². The Bertz CT molecular complexity index is 475. The molecule has 110 valence electrons. The number of amides is 1. The largest absolute Gasteiger partial charge is 0.352 e. The Kier molecular flexibility index (Phi) is 5.87. The number of halogens is 2. The summed E-state index contributed by atoms with van der Waals surface area (Å²) in [5.41, 5.74) is 0.603. The van der Waals surface area contributed by atoms with Crippen molar-refractivity contribution < 1.29 is 4.79 Å². The fourth-order valence-electron chi connectivity index (χ4n) is 2.48. The normalized spacial score (nSPS) is 17.1. The lowest BCUT2D eigenvalue weighted by molar-refractivity contribution is 0.0945. The van der Waals surface area contributed by atoms with Crippen LogP contribution in [0.5, 0.6) is 0 Å². The lowest BCUT2D eigenvalue weighted by Crippen LogP contribution is -2.34. The van der Waals surface area contributed by atoms with Crippen LogP contribution in [0.3, 0.4) is 0 Å². The number of likely N-dealkylation sites (tertiary alicyclic amines) is 1. The average molecular weight is 360 g/mol. The van der Waals surface area contributed by atoms with Gasteiger partial charge in [-0.25, -0.2) is 0 Å². The predicted molar refractivity (Wildman–Crippen MR) is 86.3 cm³/mol. The van der Waals surface area contributed by atoms with E-state index in [-0.39, 0.29) is 5.91 Å². The van der Waals surface area contributed by atoms with Crippen molar-refractivity contribution >= 4 is 33.4 Å². The highest BCUT2D eigenvalue weighted by Gasteiger charge is 2.15. The molecule has 1 saturated heterocycles. The van der Waals surface area contributed by atoms with E-state index in [1.54, 1.807) is 18.2 Å². The van der Waals surface area contributed by atoms with Gasteiger partial charge in [0.2, 0.25) is 0 Å².